The van der Waals surface area contributed by atoms with E-state index in [0.29, 0.717) is 5.75 Å². The van der Waals surface area contributed by atoms with Crippen LogP contribution in [-0.4, -0.2) is 13.8 Å². The fourth-order valence-electron chi connectivity index (χ4n) is 1.65. The summed E-state index contributed by atoms with van der Waals surface area (Å²) < 4.78 is 23.9. The highest BCUT2D eigenvalue weighted by Gasteiger charge is 2.17. The van der Waals surface area contributed by atoms with Crippen LogP contribution in [0.15, 0.2) is 53.0 Å². The van der Waals surface area contributed by atoms with E-state index in [0.717, 1.165) is 15.9 Å². The molecule has 0 aliphatic carbocycles. The SMILES string of the molecule is COc1ccc(O[P@](C)(=O)Nc2cccc(Br)c2)cc1. The molecule has 0 heterocycles. The third-order valence-corrected chi connectivity index (χ3v) is 4.21. The zero-order chi connectivity index (χ0) is 14.6. The number of rotatable bonds is 5. The highest BCUT2D eigenvalue weighted by atomic mass is 79.9. The van der Waals surface area contributed by atoms with Crippen molar-refractivity contribution >= 4 is 29.1 Å². The summed E-state index contributed by atoms with van der Waals surface area (Å²) in [6.07, 6.45) is 0. The number of nitrogens with one attached hydrogen (secondary N) is 1. The average molecular weight is 356 g/mol. The minimum atomic E-state index is -2.99. The molecule has 0 saturated heterocycles. The molecule has 0 saturated carbocycles. The molecule has 0 bridgehead atoms. The Morgan fingerprint density at radius 1 is 1.10 bits per heavy atom. The molecule has 1 N–H and O–H groups in total. The summed E-state index contributed by atoms with van der Waals surface area (Å²) in [5, 5.41) is 2.91. The van der Waals surface area contributed by atoms with E-state index in [9.17, 15) is 4.57 Å². The van der Waals surface area contributed by atoms with Crippen LogP contribution in [0.25, 0.3) is 0 Å². The molecule has 20 heavy (non-hydrogen) atoms. The summed E-state index contributed by atoms with van der Waals surface area (Å²) in [6.45, 7) is 1.54. The third kappa shape index (κ3) is 4.29. The first-order valence-corrected chi connectivity index (χ1v) is 8.80. The standard InChI is InChI=1S/C14H15BrNO3P/c1-18-13-6-8-14(9-7-13)19-20(2,17)16-12-5-3-4-11(15)10-12/h3-10H,1-2H3,(H,16,17)/t20-/m0/s1. The Balaban J connectivity index is 2.08. The highest BCUT2D eigenvalue weighted by Crippen LogP contribution is 2.43. The summed E-state index contributed by atoms with van der Waals surface area (Å²) >= 11 is 3.37. The molecule has 1 atom stereocenters. The summed E-state index contributed by atoms with van der Waals surface area (Å²) in [5.74, 6) is 1.25. The zero-order valence-electron chi connectivity index (χ0n) is 11.2. The van der Waals surface area contributed by atoms with Gasteiger partial charge in [0, 0.05) is 16.8 Å². The molecular formula is C14H15BrNO3P. The van der Waals surface area contributed by atoms with Crippen molar-refractivity contribution in [2.75, 3.05) is 18.9 Å². The molecule has 0 spiro atoms. The Labute approximate surface area is 126 Å². The molecule has 4 nitrogen and oxygen atoms in total. The van der Waals surface area contributed by atoms with Crippen molar-refractivity contribution in [2.45, 2.75) is 0 Å². The Bertz CT molecular complexity index is 631. The van der Waals surface area contributed by atoms with Gasteiger partial charge in [0.1, 0.15) is 11.5 Å². The van der Waals surface area contributed by atoms with E-state index in [2.05, 4.69) is 21.0 Å². The monoisotopic (exact) mass is 355 g/mol. The van der Waals surface area contributed by atoms with Crippen molar-refractivity contribution in [1.82, 2.24) is 0 Å². The molecule has 2 aromatic carbocycles. The van der Waals surface area contributed by atoms with Gasteiger partial charge < -0.3 is 14.3 Å². The topological polar surface area (TPSA) is 47.6 Å². The molecule has 2 rings (SSSR count). The number of ether oxygens (including phenoxy) is 1. The maximum Gasteiger partial charge on any atom is 0.338 e. The molecule has 106 valence electrons. The second-order valence-electron chi connectivity index (χ2n) is 4.23. The summed E-state index contributed by atoms with van der Waals surface area (Å²) in [4.78, 5) is 0. The molecule has 0 amide bonds. The van der Waals surface area contributed by atoms with Gasteiger partial charge in [0.2, 0.25) is 0 Å². The predicted octanol–water partition coefficient (Wildman–Crippen LogP) is 4.77. The minimum Gasteiger partial charge on any atom is -0.497 e. The van der Waals surface area contributed by atoms with Gasteiger partial charge in [-0.1, -0.05) is 22.0 Å². The Morgan fingerprint density at radius 3 is 2.35 bits per heavy atom. The van der Waals surface area contributed by atoms with E-state index in [1.54, 1.807) is 31.4 Å². The Kier molecular flexibility index (Phi) is 4.73. The van der Waals surface area contributed by atoms with E-state index in [1.165, 1.54) is 6.66 Å². The van der Waals surface area contributed by atoms with Crippen molar-refractivity contribution in [1.29, 1.82) is 0 Å². The molecular weight excluding hydrogens is 341 g/mol. The highest BCUT2D eigenvalue weighted by molar-refractivity contribution is 9.10. The Hall–Kier alpha value is -1.45. The van der Waals surface area contributed by atoms with E-state index in [-0.39, 0.29) is 0 Å². The van der Waals surface area contributed by atoms with E-state index in [4.69, 9.17) is 9.26 Å². The summed E-state index contributed by atoms with van der Waals surface area (Å²) in [7, 11) is -1.40. The lowest BCUT2D eigenvalue weighted by molar-refractivity contribution is 0.413. The van der Waals surface area contributed by atoms with Crippen LogP contribution in [0.4, 0.5) is 5.69 Å². The van der Waals surface area contributed by atoms with E-state index >= 15 is 0 Å². The number of methoxy groups -OCH3 is 1. The zero-order valence-corrected chi connectivity index (χ0v) is 13.6. The first-order chi connectivity index (χ1) is 9.48. The van der Waals surface area contributed by atoms with Crippen LogP contribution in [0.1, 0.15) is 0 Å². The fraction of sp³-hybridized carbons (Fsp3) is 0.143. The predicted molar refractivity (Wildman–Crippen MR) is 84.9 cm³/mol. The molecule has 6 heteroatoms. The molecule has 2 aromatic rings. The van der Waals surface area contributed by atoms with Crippen LogP contribution in [-0.2, 0) is 4.57 Å². The first kappa shape index (κ1) is 14.9. The van der Waals surface area contributed by atoms with Gasteiger partial charge in [-0.05, 0) is 42.5 Å². The van der Waals surface area contributed by atoms with Crippen molar-refractivity contribution in [3.8, 4) is 11.5 Å². The molecule has 0 fully saturated rings. The summed E-state index contributed by atoms with van der Waals surface area (Å²) in [6, 6.07) is 14.4. The van der Waals surface area contributed by atoms with Crippen LogP contribution in [0.5, 0.6) is 11.5 Å². The van der Waals surface area contributed by atoms with Gasteiger partial charge in [-0.3, -0.25) is 4.57 Å². The normalized spacial score (nSPS) is 13.3. The molecule has 0 aromatic heterocycles. The molecule has 0 radical (unpaired) electrons. The van der Waals surface area contributed by atoms with Gasteiger partial charge in [-0.15, -0.1) is 0 Å². The molecule has 0 unspecified atom stereocenters. The maximum atomic E-state index is 12.4. The minimum absolute atomic E-state index is 0.527. The summed E-state index contributed by atoms with van der Waals surface area (Å²) in [5.41, 5.74) is 0.735. The van der Waals surface area contributed by atoms with E-state index < -0.39 is 7.52 Å². The third-order valence-electron chi connectivity index (χ3n) is 2.50. The van der Waals surface area contributed by atoms with Gasteiger partial charge in [0.05, 0.1) is 7.11 Å². The fourth-order valence-corrected chi connectivity index (χ4v) is 3.23. The van der Waals surface area contributed by atoms with Gasteiger partial charge >= 0.3 is 7.52 Å². The van der Waals surface area contributed by atoms with Crippen molar-refractivity contribution in [2.24, 2.45) is 0 Å². The van der Waals surface area contributed by atoms with Crippen molar-refractivity contribution < 1.29 is 13.8 Å². The van der Waals surface area contributed by atoms with Crippen LogP contribution >= 0.6 is 23.4 Å². The lowest BCUT2D eigenvalue weighted by atomic mass is 10.3. The van der Waals surface area contributed by atoms with Gasteiger partial charge in [0.15, 0.2) is 0 Å². The molecule has 0 aliphatic heterocycles. The quantitative estimate of drug-likeness (QED) is 0.784. The number of halogens is 1. The lowest BCUT2D eigenvalue weighted by Crippen LogP contribution is -2.02. The van der Waals surface area contributed by atoms with Gasteiger partial charge in [-0.2, -0.15) is 0 Å². The van der Waals surface area contributed by atoms with Crippen molar-refractivity contribution in [3.63, 3.8) is 0 Å². The van der Waals surface area contributed by atoms with Gasteiger partial charge in [-0.25, -0.2) is 0 Å². The molecule has 0 aliphatic rings. The number of hydrogen-bond donors (Lipinski definition) is 1. The largest absolute Gasteiger partial charge is 0.497 e. The first-order valence-electron chi connectivity index (χ1n) is 5.93. The number of anilines is 1. The lowest BCUT2D eigenvalue weighted by Gasteiger charge is -2.17. The number of hydrogen-bond acceptors (Lipinski definition) is 3. The number of benzene rings is 2. The van der Waals surface area contributed by atoms with Crippen LogP contribution < -0.4 is 14.3 Å². The maximum absolute atomic E-state index is 12.4. The van der Waals surface area contributed by atoms with Gasteiger partial charge in [0.25, 0.3) is 0 Å². The van der Waals surface area contributed by atoms with E-state index in [1.807, 2.05) is 24.3 Å². The van der Waals surface area contributed by atoms with Crippen LogP contribution in [0, 0.1) is 0 Å². The Morgan fingerprint density at radius 2 is 1.75 bits per heavy atom. The van der Waals surface area contributed by atoms with Crippen molar-refractivity contribution in [3.05, 3.63) is 53.0 Å². The second kappa shape index (κ2) is 6.33. The smallest absolute Gasteiger partial charge is 0.338 e. The van der Waals surface area contributed by atoms with Crippen LogP contribution in [0.2, 0.25) is 0 Å². The second-order valence-corrected chi connectivity index (χ2v) is 7.25. The average Bonchev–Trinajstić information content (AvgIpc) is 2.38. The van der Waals surface area contributed by atoms with Crippen LogP contribution in [0.3, 0.4) is 0 Å².